The van der Waals surface area contributed by atoms with Crippen LogP contribution in [0.4, 0.5) is 16.0 Å². The number of carbonyl (C=O) groups excluding carboxylic acids is 1. The molecule has 1 aliphatic rings. The highest BCUT2D eigenvalue weighted by molar-refractivity contribution is 5.86. The Kier molecular flexibility index (Phi) is 9.06. The lowest BCUT2D eigenvalue weighted by molar-refractivity contribution is -0.134. The van der Waals surface area contributed by atoms with Crippen LogP contribution >= 0.6 is 0 Å². The number of piperazine rings is 1. The lowest BCUT2D eigenvalue weighted by atomic mass is 10.0. The molecule has 0 saturated carbocycles. The second kappa shape index (κ2) is 13.6. The Hall–Kier alpha value is -5.50. The molecule has 238 valence electrons. The van der Waals surface area contributed by atoms with Gasteiger partial charge in [0.05, 0.1) is 24.5 Å². The summed E-state index contributed by atoms with van der Waals surface area (Å²) in [5.74, 6) is 0.791. The van der Waals surface area contributed by atoms with Crippen LogP contribution in [-0.2, 0) is 16.6 Å². The van der Waals surface area contributed by atoms with E-state index < -0.39 is 11.9 Å². The van der Waals surface area contributed by atoms with Gasteiger partial charge in [0.25, 0.3) is 5.91 Å². The average molecular weight is 628 g/mol. The fourth-order valence-electron chi connectivity index (χ4n) is 5.23. The average Bonchev–Trinajstić information content (AvgIpc) is 3.75. The standard InChI is InChI=1S/C32H34FN9O4/c1-39-32(34)37-30-23(20-35-29(38-39)27-7-4-16-46-27)21-36-42(30)28(22-5-3-6-24(33)19-22)31(43)41-14-12-40(13-15-41)25-8-10-26(11-9-25)45-18-17-44-2/h3-11,16,19-21,28H,12-15,17-18H2,1-2H3,(H2,34,37). The van der Waals surface area contributed by atoms with Crippen molar-refractivity contribution in [3.8, 4) is 17.3 Å². The molecule has 5 aromatic rings. The van der Waals surface area contributed by atoms with Crippen LogP contribution in [0.3, 0.4) is 0 Å². The quantitative estimate of drug-likeness (QED) is 0.241. The Morgan fingerprint density at radius 1 is 1.04 bits per heavy atom. The minimum absolute atomic E-state index is 0.0340. The zero-order valence-electron chi connectivity index (χ0n) is 25.5. The molecule has 3 aromatic heterocycles. The summed E-state index contributed by atoms with van der Waals surface area (Å²) in [5, 5.41) is 9.47. The van der Waals surface area contributed by atoms with E-state index in [-0.39, 0.29) is 23.3 Å². The number of hydrogen-bond donors (Lipinski definition) is 1. The first-order valence-electron chi connectivity index (χ1n) is 14.7. The highest BCUT2D eigenvalue weighted by Gasteiger charge is 2.32. The van der Waals surface area contributed by atoms with Gasteiger partial charge in [0.2, 0.25) is 11.8 Å². The maximum Gasteiger partial charge on any atom is 0.252 e. The Morgan fingerprint density at radius 2 is 1.85 bits per heavy atom. The molecule has 1 atom stereocenters. The number of ether oxygens (including phenoxy) is 2. The van der Waals surface area contributed by atoms with Gasteiger partial charge < -0.3 is 29.4 Å². The number of fused-ring (bicyclic) bond motifs is 1. The zero-order valence-corrected chi connectivity index (χ0v) is 25.5. The molecule has 14 heteroatoms. The van der Waals surface area contributed by atoms with Crippen molar-refractivity contribution < 1.29 is 23.1 Å². The third-order valence-electron chi connectivity index (χ3n) is 7.65. The molecule has 1 aliphatic heterocycles. The summed E-state index contributed by atoms with van der Waals surface area (Å²) in [7, 11) is 3.26. The second-order valence-electron chi connectivity index (χ2n) is 10.6. The van der Waals surface area contributed by atoms with E-state index in [4.69, 9.17) is 19.6 Å². The molecular formula is C32H34FN9O4. The van der Waals surface area contributed by atoms with Crippen molar-refractivity contribution in [3.05, 3.63) is 90.7 Å². The van der Waals surface area contributed by atoms with E-state index in [1.165, 1.54) is 34.0 Å². The largest absolute Gasteiger partial charge is 0.491 e. The van der Waals surface area contributed by atoms with Crippen LogP contribution in [0.15, 0.2) is 83.7 Å². The van der Waals surface area contributed by atoms with Crippen LogP contribution in [0.5, 0.6) is 5.75 Å². The maximum atomic E-state index is 14.6. The summed E-state index contributed by atoms with van der Waals surface area (Å²) >= 11 is 0. The smallest absolute Gasteiger partial charge is 0.252 e. The van der Waals surface area contributed by atoms with Crippen LogP contribution in [0, 0.1) is 5.82 Å². The highest BCUT2D eigenvalue weighted by Crippen LogP contribution is 2.27. The Balaban J connectivity index is 1.31. The molecule has 0 aliphatic carbocycles. The lowest BCUT2D eigenvalue weighted by Crippen LogP contribution is -2.51. The predicted octanol–water partition coefficient (Wildman–Crippen LogP) is 3.63. The number of nitrogens with zero attached hydrogens (tertiary/aromatic N) is 8. The van der Waals surface area contributed by atoms with Gasteiger partial charge in [-0.3, -0.25) is 4.79 Å². The summed E-state index contributed by atoms with van der Waals surface area (Å²) in [6.07, 6.45) is 4.60. The minimum Gasteiger partial charge on any atom is -0.491 e. The van der Waals surface area contributed by atoms with Crippen molar-refractivity contribution in [3.63, 3.8) is 0 Å². The van der Waals surface area contributed by atoms with Gasteiger partial charge in [-0.2, -0.15) is 10.1 Å². The van der Waals surface area contributed by atoms with Crippen molar-refractivity contribution in [2.45, 2.75) is 6.04 Å². The van der Waals surface area contributed by atoms with E-state index in [1.807, 2.05) is 24.3 Å². The first kappa shape index (κ1) is 30.5. The van der Waals surface area contributed by atoms with Crippen LogP contribution in [0.2, 0.25) is 0 Å². The molecule has 6 rings (SSSR count). The van der Waals surface area contributed by atoms with Crippen LogP contribution < -0.4 is 15.4 Å². The first-order valence-corrected chi connectivity index (χ1v) is 14.7. The molecule has 2 aromatic carbocycles. The predicted molar refractivity (Wildman–Crippen MR) is 169 cm³/mol. The highest BCUT2D eigenvalue weighted by atomic mass is 19.1. The van der Waals surface area contributed by atoms with Crippen molar-refractivity contribution in [2.75, 3.05) is 57.1 Å². The van der Waals surface area contributed by atoms with Crippen LogP contribution in [0.25, 0.3) is 22.6 Å². The Morgan fingerprint density at radius 3 is 2.57 bits per heavy atom. The van der Waals surface area contributed by atoms with E-state index in [1.54, 1.807) is 49.5 Å². The number of anilines is 2. The summed E-state index contributed by atoms with van der Waals surface area (Å²) in [4.78, 5) is 27.4. The number of nitrogen functional groups attached to an aromatic ring is 1. The number of methoxy groups -OCH3 is 1. The molecule has 1 amide bonds. The molecule has 0 bridgehead atoms. The number of hydrogen-bond acceptors (Lipinski definition) is 10. The van der Waals surface area contributed by atoms with E-state index in [9.17, 15) is 9.18 Å². The first-order chi connectivity index (χ1) is 22.4. The minimum atomic E-state index is -1.02. The number of carbonyl (C=O) groups is 1. The monoisotopic (exact) mass is 627 g/mol. The van der Waals surface area contributed by atoms with Crippen LogP contribution in [-0.4, -0.2) is 86.8 Å². The van der Waals surface area contributed by atoms with Gasteiger partial charge >= 0.3 is 0 Å². The third kappa shape index (κ3) is 6.61. The third-order valence-corrected chi connectivity index (χ3v) is 7.65. The number of nitrogens with two attached hydrogens (primary N) is 1. The second-order valence-corrected chi connectivity index (χ2v) is 10.6. The Labute approximate surface area is 264 Å². The normalized spacial score (nSPS) is 13.9. The van der Waals surface area contributed by atoms with Crippen molar-refractivity contribution in [2.24, 2.45) is 7.05 Å². The number of benzene rings is 2. The van der Waals surface area contributed by atoms with Gasteiger partial charge in [-0.05, 0) is 54.1 Å². The molecule has 4 heterocycles. The summed E-state index contributed by atoms with van der Waals surface area (Å²) in [5.41, 5.74) is 8.07. The van der Waals surface area contributed by atoms with Gasteiger partial charge in [-0.1, -0.05) is 12.1 Å². The van der Waals surface area contributed by atoms with Gasteiger partial charge in [0, 0.05) is 52.2 Å². The molecule has 0 radical (unpaired) electrons. The van der Waals surface area contributed by atoms with Gasteiger partial charge in [0.15, 0.2) is 17.4 Å². The van der Waals surface area contributed by atoms with Crippen molar-refractivity contribution in [1.29, 1.82) is 0 Å². The molecule has 13 nitrogen and oxygen atoms in total. The number of rotatable bonds is 9. The van der Waals surface area contributed by atoms with E-state index in [2.05, 4.69) is 25.1 Å². The SMILES string of the molecule is COCCOc1ccc(N2CCN(C(=O)C(c3cccc(F)c3)n3ncc4cnc(-c5ccco5)nn(C)c(N)nc43)CC2)cc1. The van der Waals surface area contributed by atoms with Gasteiger partial charge in [-0.15, -0.1) is 5.10 Å². The molecule has 1 fully saturated rings. The number of aryl methyl sites for hydroxylation is 1. The topological polar surface area (TPSA) is 143 Å². The fraction of sp³-hybridized carbons (Fsp3) is 0.281. The van der Waals surface area contributed by atoms with Gasteiger partial charge in [0.1, 0.15) is 18.2 Å². The lowest BCUT2D eigenvalue weighted by Gasteiger charge is -2.37. The number of amides is 1. The molecule has 1 saturated heterocycles. The molecule has 1 unspecified atom stereocenters. The summed E-state index contributed by atoms with van der Waals surface area (Å²) in [6, 6.07) is 16.2. The van der Waals surface area contributed by atoms with Crippen molar-refractivity contribution >= 4 is 28.6 Å². The van der Waals surface area contributed by atoms with Crippen LogP contribution in [0.1, 0.15) is 11.6 Å². The molecule has 2 N–H and O–H groups in total. The Bertz CT molecular complexity index is 1850. The van der Waals surface area contributed by atoms with E-state index in [0.717, 1.165) is 11.4 Å². The summed E-state index contributed by atoms with van der Waals surface area (Å²) in [6.45, 7) is 3.12. The summed E-state index contributed by atoms with van der Waals surface area (Å²) < 4.78 is 33.6. The molecule has 46 heavy (non-hydrogen) atoms. The van der Waals surface area contributed by atoms with E-state index >= 15 is 0 Å². The maximum absolute atomic E-state index is 14.6. The van der Waals surface area contributed by atoms with Gasteiger partial charge in [-0.25, -0.2) is 18.7 Å². The molecule has 0 spiro atoms. The van der Waals surface area contributed by atoms with Crippen molar-refractivity contribution in [1.82, 2.24) is 34.4 Å². The number of aromatic nitrogens is 6. The number of halogens is 1. The molecular weight excluding hydrogens is 593 g/mol. The zero-order chi connectivity index (χ0) is 32.0. The fourth-order valence-corrected chi connectivity index (χ4v) is 5.23. The number of furan rings is 1. The van der Waals surface area contributed by atoms with E-state index in [0.29, 0.717) is 56.1 Å².